The summed E-state index contributed by atoms with van der Waals surface area (Å²) < 4.78 is 4.81. The second-order valence-electron chi connectivity index (χ2n) is 4.46. The Morgan fingerprint density at radius 3 is 2.57 bits per heavy atom. The van der Waals surface area contributed by atoms with Crippen LogP contribution in [0.15, 0.2) is 29.2 Å². The number of amides is 1. The zero-order valence-corrected chi connectivity index (χ0v) is 13.9. The lowest BCUT2D eigenvalue weighted by Crippen LogP contribution is -2.32. The number of likely N-dealkylation sites (N-methyl/N-ethyl adjacent to an activating group) is 1. The fraction of sp³-hybridized carbons (Fsp3) is 0.467. The molecule has 0 aliphatic heterocycles. The predicted octanol–water partition coefficient (Wildman–Crippen LogP) is 3.23. The van der Waals surface area contributed by atoms with E-state index in [9.17, 15) is 9.59 Å². The monoisotopic (exact) mass is 329 g/mol. The van der Waals surface area contributed by atoms with Gasteiger partial charge in [0, 0.05) is 23.4 Å². The van der Waals surface area contributed by atoms with E-state index in [4.69, 9.17) is 16.3 Å². The van der Waals surface area contributed by atoms with Crippen LogP contribution in [0.3, 0.4) is 0 Å². The van der Waals surface area contributed by atoms with Crippen LogP contribution >= 0.6 is 23.4 Å². The molecule has 1 aromatic rings. The molecule has 0 N–H and O–H groups in total. The normalized spacial score (nSPS) is 10.2. The van der Waals surface area contributed by atoms with E-state index in [2.05, 4.69) is 0 Å². The highest BCUT2D eigenvalue weighted by Gasteiger charge is 2.13. The Morgan fingerprint density at radius 2 is 1.95 bits per heavy atom. The SMILES string of the molecule is CCOC(=O)CN(C)C(=O)CCCSc1ccc(Cl)cc1. The molecule has 4 nitrogen and oxygen atoms in total. The van der Waals surface area contributed by atoms with Crippen molar-refractivity contribution in [2.24, 2.45) is 0 Å². The number of esters is 1. The first-order valence-corrected chi connectivity index (χ1v) is 8.17. The van der Waals surface area contributed by atoms with Crippen LogP contribution < -0.4 is 0 Å². The zero-order valence-electron chi connectivity index (χ0n) is 12.3. The van der Waals surface area contributed by atoms with Crippen LogP contribution in [0.1, 0.15) is 19.8 Å². The van der Waals surface area contributed by atoms with Gasteiger partial charge in [0.1, 0.15) is 6.54 Å². The Balaban J connectivity index is 2.20. The van der Waals surface area contributed by atoms with Gasteiger partial charge in [0.25, 0.3) is 0 Å². The summed E-state index contributed by atoms with van der Waals surface area (Å²) in [6, 6.07) is 7.62. The largest absolute Gasteiger partial charge is 0.465 e. The van der Waals surface area contributed by atoms with Crippen molar-refractivity contribution in [2.75, 3.05) is 26.0 Å². The van der Waals surface area contributed by atoms with Crippen molar-refractivity contribution in [1.29, 1.82) is 0 Å². The zero-order chi connectivity index (χ0) is 15.7. The van der Waals surface area contributed by atoms with Crippen LogP contribution in [0.5, 0.6) is 0 Å². The van der Waals surface area contributed by atoms with Gasteiger partial charge in [0.05, 0.1) is 6.61 Å². The topological polar surface area (TPSA) is 46.6 Å². The minimum Gasteiger partial charge on any atom is -0.465 e. The quantitative estimate of drug-likeness (QED) is 0.417. The first kappa shape index (κ1) is 17.9. The molecular formula is C15H20ClNO3S. The highest BCUT2D eigenvalue weighted by Crippen LogP contribution is 2.21. The molecule has 0 aromatic heterocycles. The Kier molecular flexibility index (Phi) is 8.23. The van der Waals surface area contributed by atoms with Gasteiger partial charge in [-0.1, -0.05) is 11.6 Å². The van der Waals surface area contributed by atoms with Gasteiger partial charge in [-0.2, -0.15) is 0 Å². The molecule has 0 bridgehead atoms. The second-order valence-corrected chi connectivity index (χ2v) is 6.07. The first-order valence-electron chi connectivity index (χ1n) is 6.81. The summed E-state index contributed by atoms with van der Waals surface area (Å²) in [5, 5.41) is 0.718. The van der Waals surface area contributed by atoms with E-state index < -0.39 is 0 Å². The van der Waals surface area contributed by atoms with Crippen LogP contribution in [0.2, 0.25) is 5.02 Å². The van der Waals surface area contributed by atoms with E-state index in [0.717, 1.165) is 22.1 Å². The third-order valence-corrected chi connectivity index (χ3v) is 4.06. The number of ether oxygens (including phenoxy) is 1. The lowest BCUT2D eigenvalue weighted by molar-refractivity contribution is -0.148. The maximum Gasteiger partial charge on any atom is 0.325 e. The molecule has 21 heavy (non-hydrogen) atoms. The molecule has 0 aliphatic rings. The number of carbonyl (C=O) groups is 2. The fourth-order valence-electron chi connectivity index (χ4n) is 1.62. The van der Waals surface area contributed by atoms with Crippen molar-refractivity contribution in [1.82, 2.24) is 4.90 Å². The summed E-state index contributed by atoms with van der Waals surface area (Å²) in [6.45, 7) is 2.09. The molecule has 0 spiro atoms. The highest BCUT2D eigenvalue weighted by molar-refractivity contribution is 7.99. The molecule has 0 fully saturated rings. The molecular weight excluding hydrogens is 310 g/mol. The lowest BCUT2D eigenvalue weighted by Gasteiger charge is -2.15. The number of benzene rings is 1. The highest BCUT2D eigenvalue weighted by atomic mass is 35.5. The first-order chi connectivity index (χ1) is 10.0. The molecule has 6 heteroatoms. The maximum absolute atomic E-state index is 11.8. The Morgan fingerprint density at radius 1 is 1.29 bits per heavy atom. The number of hydrogen-bond donors (Lipinski definition) is 0. The third-order valence-electron chi connectivity index (χ3n) is 2.71. The van der Waals surface area contributed by atoms with E-state index in [1.165, 1.54) is 4.90 Å². The summed E-state index contributed by atoms with van der Waals surface area (Å²) in [5.74, 6) is 0.435. The third kappa shape index (κ3) is 7.39. The standard InChI is InChI=1S/C15H20ClNO3S/c1-3-20-15(19)11-17(2)14(18)5-4-10-21-13-8-6-12(16)7-9-13/h6-9H,3-5,10-11H2,1-2H3. The number of thioether (sulfide) groups is 1. The van der Waals surface area contributed by atoms with E-state index in [0.29, 0.717) is 13.0 Å². The average Bonchev–Trinajstić information content (AvgIpc) is 2.45. The predicted molar refractivity (Wildman–Crippen MR) is 85.7 cm³/mol. The second kappa shape index (κ2) is 9.68. The van der Waals surface area contributed by atoms with E-state index in [1.54, 1.807) is 25.7 Å². The van der Waals surface area contributed by atoms with Crippen LogP contribution in [0, 0.1) is 0 Å². The van der Waals surface area contributed by atoms with Crippen LogP contribution in [-0.4, -0.2) is 42.7 Å². The summed E-state index contributed by atoms with van der Waals surface area (Å²) in [4.78, 5) is 25.6. The van der Waals surface area contributed by atoms with Gasteiger partial charge >= 0.3 is 5.97 Å². The van der Waals surface area contributed by atoms with Gasteiger partial charge in [-0.3, -0.25) is 9.59 Å². The van der Waals surface area contributed by atoms with Crippen molar-refractivity contribution in [3.05, 3.63) is 29.3 Å². The number of halogens is 1. The molecule has 0 saturated carbocycles. The minimum atomic E-state index is -0.371. The van der Waals surface area contributed by atoms with Crippen LogP contribution in [0.25, 0.3) is 0 Å². The van der Waals surface area contributed by atoms with Crippen LogP contribution in [-0.2, 0) is 14.3 Å². The molecule has 1 aromatic carbocycles. The molecule has 0 heterocycles. The Hall–Kier alpha value is -1.20. The number of nitrogens with zero attached hydrogens (tertiary/aromatic N) is 1. The molecule has 0 atom stereocenters. The van der Waals surface area contributed by atoms with Gasteiger partial charge in [-0.25, -0.2) is 0 Å². The summed E-state index contributed by atoms with van der Waals surface area (Å²) in [7, 11) is 1.62. The van der Waals surface area contributed by atoms with Gasteiger partial charge in [0.2, 0.25) is 5.91 Å². The van der Waals surface area contributed by atoms with Gasteiger partial charge in [-0.05, 0) is 43.4 Å². The van der Waals surface area contributed by atoms with Crippen molar-refractivity contribution in [3.63, 3.8) is 0 Å². The van der Waals surface area contributed by atoms with E-state index in [1.807, 2.05) is 24.3 Å². The molecule has 116 valence electrons. The molecule has 0 radical (unpaired) electrons. The molecule has 0 saturated heterocycles. The molecule has 1 rings (SSSR count). The van der Waals surface area contributed by atoms with Gasteiger partial charge in [0.15, 0.2) is 0 Å². The van der Waals surface area contributed by atoms with Gasteiger partial charge < -0.3 is 9.64 Å². The number of hydrogen-bond acceptors (Lipinski definition) is 4. The van der Waals surface area contributed by atoms with E-state index >= 15 is 0 Å². The Labute approximate surface area is 134 Å². The summed E-state index contributed by atoms with van der Waals surface area (Å²) in [5.41, 5.74) is 0. The maximum atomic E-state index is 11.8. The summed E-state index contributed by atoms with van der Waals surface area (Å²) >= 11 is 7.50. The average molecular weight is 330 g/mol. The fourth-order valence-corrected chi connectivity index (χ4v) is 2.60. The number of rotatable bonds is 8. The van der Waals surface area contributed by atoms with Crippen LogP contribution in [0.4, 0.5) is 0 Å². The van der Waals surface area contributed by atoms with E-state index in [-0.39, 0.29) is 18.4 Å². The van der Waals surface area contributed by atoms with Gasteiger partial charge in [-0.15, -0.1) is 11.8 Å². The molecule has 0 unspecified atom stereocenters. The van der Waals surface area contributed by atoms with Crippen molar-refractivity contribution >= 4 is 35.2 Å². The van der Waals surface area contributed by atoms with Crippen molar-refractivity contribution < 1.29 is 14.3 Å². The molecule has 1 amide bonds. The van der Waals surface area contributed by atoms with Crippen molar-refractivity contribution in [3.8, 4) is 0 Å². The summed E-state index contributed by atoms with van der Waals surface area (Å²) in [6.07, 6.45) is 1.19. The lowest BCUT2D eigenvalue weighted by atomic mass is 10.3. The minimum absolute atomic E-state index is 0.0109. The Bertz CT molecular complexity index is 464. The van der Waals surface area contributed by atoms with Crippen molar-refractivity contribution in [2.45, 2.75) is 24.7 Å². The smallest absolute Gasteiger partial charge is 0.325 e. The molecule has 0 aliphatic carbocycles. The number of carbonyl (C=O) groups excluding carboxylic acids is 2.